The van der Waals surface area contributed by atoms with Crippen molar-refractivity contribution in [3.05, 3.63) is 162 Å². The fraction of sp³-hybridized carbons (Fsp3) is 0.118. The standard InChI is InChI=1S/C34H32N3/c1-28-24-34(36(26-29-14-6-2-7-15-29)27-30-16-8-3-9-17-30)23-22-31(28)25-35-37(32-18-10-4-11-19-32)33-20-12-5-13-21-33/h2-24H,25-27H2,1H3/q+1. The molecule has 5 aromatic rings. The van der Waals surface area contributed by atoms with Gasteiger partial charge < -0.3 is 4.90 Å². The maximum absolute atomic E-state index is 5.03. The Morgan fingerprint density at radius 2 is 1.03 bits per heavy atom. The Hall–Kier alpha value is -4.50. The van der Waals surface area contributed by atoms with Gasteiger partial charge in [0, 0.05) is 43.0 Å². The van der Waals surface area contributed by atoms with Gasteiger partial charge in [0.1, 0.15) is 6.54 Å². The van der Waals surface area contributed by atoms with E-state index in [-0.39, 0.29) is 0 Å². The van der Waals surface area contributed by atoms with Crippen LogP contribution < -0.4 is 9.60 Å². The Bertz CT molecular complexity index is 1350. The van der Waals surface area contributed by atoms with E-state index >= 15 is 0 Å². The maximum Gasteiger partial charge on any atom is 0.238 e. The largest absolute Gasteiger partial charge is 0.363 e. The lowest BCUT2D eigenvalue weighted by Crippen LogP contribution is -2.22. The Morgan fingerprint density at radius 1 is 0.568 bits per heavy atom. The van der Waals surface area contributed by atoms with Gasteiger partial charge in [-0.15, -0.1) is 0 Å². The van der Waals surface area contributed by atoms with Crippen molar-refractivity contribution >= 4 is 17.1 Å². The molecule has 0 saturated heterocycles. The molecule has 0 bridgehead atoms. The number of benzene rings is 5. The molecular weight excluding hydrogens is 450 g/mol. The molecule has 0 atom stereocenters. The molecule has 3 heteroatoms. The van der Waals surface area contributed by atoms with E-state index < -0.39 is 0 Å². The first-order valence-electron chi connectivity index (χ1n) is 12.8. The van der Waals surface area contributed by atoms with Crippen LogP contribution in [0.25, 0.3) is 0 Å². The molecule has 0 unspecified atom stereocenters. The summed E-state index contributed by atoms with van der Waals surface area (Å²) in [5.41, 5.74) is 8.40. The zero-order chi connectivity index (χ0) is 25.3. The van der Waals surface area contributed by atoms with Gasteiger partial charge in [0.05, 0.1) is 0 Å². The Balaban J connectivity index is 1.42. The average molecular weight is 483 g/mol. The number of anilines is 1. The molecule has 182 valence electrons. The van der Waals surface area contributed by atoms with Crippen molar-refractivity contribution in [1.29, 1.82) is 0 Å². The minimum absolute atomic E-state index is 0.604. The third-order valence-electron chi connectivity index (χ3n) is 6.51. The highest BCUT2D eigenvalue weighted by Gasteiger charge is 2.16. The van der Waals surface area contributed by atoms with Crippen molar-refractivity contribution in [1.82, 2.24) is 4.70 Å². The van der Waals surface area contributed by atoms with Crippen molar-refractivity contribution in [2.24, 2.45) is 5.11 Å². The summed E-state index contributed by atoms with van der Waals surface area (Å²) in [6.45, 7) is 4.50. The summed E-state index contributed by atoms with van der Waals surface area (Å²) in [7, 11) is 0. The molecule has 5 rings (SSSR count). The second kappa shape index (κ2) is 12.0. The number of hydrogen-bond acceptors (Lipinski definition) is 2. The summed E-state index contributed by atoms with van der Waals surface area (Å²) in [5.74, 6) is 0. The molecule has 5 aromatic carbocycles. The van der Waals surface area contributed by atoms with Gasteiger partial charge in [-0.2, -0.15) is 0 Å². The summed E-state index contributed by atoms with van der Waals surface area (Å²) in [6.07, 6.45) is 0. The van der Waals surface area contributed by atoms with Gasteiger partial charge >= 0.3 is 0 Å². The number of aryl methyl sites for hydroxylation is 1. The first-order valence-corrected chi connectivity index (χ1v) is 12.8. The van der Waals surface area contributed by atoms with E-state index in [4.69, 9.17) is 5.11 Å². The van der Waals surface area contributed by atoms with Crippen LogP contribution in [0.4, 0.5) is 17.1 Å². The summed E-state index contributed by atoms with van der Waals surface area (Å²) >= 11 is 0. The molecule has 37 heavy (non-hydrogen) atoms. The number of hydrogen-bond donors (Lipinski definition) is 0. The van der Waals surface area contributed by atoms with Crippen molar-refractivity contribution < 1.29 is 0 Å². The van der Waals surface area contributed by atoms with Crippen molar-refractivity contribution in [3.8, 4) is 0 Å². The molecule has 0 aromatic heterocycles. The summed E-state index contributed by atoms with van der Waals surface area (Å²) in [4.78, 5) is 2.44. The first-order chi connectivity index (χ1) is 18.3. The van der Waals surface area contributed by atoms with E-state index in [2.05, 4.69) is 139 Å². The third-order valence-corrected chi connectivity index (χ3v) is 6.51. The Morgan fingerprint density at radius 3 is 1.49 bits per heavy atom. The molecule has 0 aliphatic heterocycles. The number of rotatable bonds is 9. The molecule has 0 aliphatic rings. The first kappa shape index (κ1) is 24.2. The van der Waals surface area contributed by atoms with Crippen LogP contribution in [-0.4, -0.2) is 0 Å². The SMILES string of the molecule is Cc1cc(N(Cc2ccccc2)Cc2ccccc2)ccc1CN=[N+](c1ccccc1)c1ccccc1. The quantitative estimate of drug-likeness (QED) is 0.152. The van der Waals surface area contributed by atoms with Gasteiger partial charge in [-0.3, -0.25) is 0 Å². The van der Waals surface area contributed by atoms with Crippen molar-refractivity contribution in [3.63, 3.8) is 0 Å². The fourth-order valence-electron chi connectivity index (χ4n) is 4.50. The highest BCUT2D eigenvalue weighted by molar-refractivity contribution is 5.53. The predicted molar refractivity (Wildman–Crippen MR) is 154 cm³/mol. The molecule has 0 amide bonds. The van der Waals surface area contributed by atoms with Gasteiger partial charge in [0.25, 0.3) is 0 Å². The number of azo groups is 2. The van der Waals surface area contributed by atoms with Gasteiger partial charge in [-0.1, -0.05) is 108 Å². The molecule has 0 spiro atoms. The molecule has 0 aliphatic carbocycles. The van der Waals surface area contributed by atoms with Crippen LogP contribution in [0.15, 0.2) is 145 Å². The zero-order valence-electron chi connectivity index (χ0n) is 21.2. The second-order valence-corrected chi connectivity index (χ2v) is 9.22. The topological polar surface area (TPSA) is 18.6 Å². The predicted octanol–water partition coefficient (Wildman–Crippen LogP) is 8.69. The maximum atomic E-state index is 5.03. The van der Waals surface area contributed by atoms with Crippen LogP contribution in [0, 0.1) is 6.92 Å². The highest BCUT2D eigenvalue weighted by atomic mass is 15.3. The summed E-state index contributed by atoms with van der Waals surface area (Å²) in [5, 5.41) is 5.03. The fourth-order valence-corrected chi connectivity index (χ4v) is 4.50. The highest BCUT2D eigenvalue weighted by Crippen LogP contribution is 2.25. The zero-order valence-corrected chi connectivity index (χ0v) is 21.2. The second-order valence-electron chi connectivity index (χ2n) is 9.22. The van der Waals surface area contributed by atoms with Gasteiger partial charge in [0.15, 0.2) is 0 Å². The van der Waals surface area contributed by atoms with Crippen LogP contribution in [0.1, 0.15) is 22.3 Å². The van der Waals surface area contributed by atoms with E-state index in [0.29, 0.717) is 6.54 Å². The lowest BCUT2D eigenvalue weighted by molar-refractivity contribution is 0.780. The molecule has 0 radical (unpaired) electrons. The van der Waals surface area contributed by atoms with Crippen molar-refractivity contribution in [2.45, 2.75) is 26.6 Å². The Labute approximate surface area is 220 Å². The lowest BCUT2D eigenvalue weighted by Gasteiger charge is -2.26. The smallest absolute Gasteiger partial charge is 0.238 e. The van der Waals surface area contributed by atoms with Crippen LogP contribution >= 0.6 is 0 Å². The Kier molecular flexibility index (Phi) is 7.82. The third kappa shape index (κ3) is 6.39. The van der Waals surface area contributed by atoms with E-state index in [0.717, 1.165) is 24.5 Å². The summed E-state index contributed by atoms with van der Waals surface area (Å²) < 4.78 is 2.03. The summed E-state index contributed by atoms with van der Waals surface area (Å²) in [6, 6.07) is 48.8. The molecular formula is C34H32N3+. The molecule has 0 fully saturated rings. The monoisotopic (exact) mass is 482 g/mol. The van der Waals surface area contributed by atoms with Crippen LogP contribution in [0.5, 0.6) is 0 Å². The van der Waals surface area contributed by atoms with E-state index in [1.807, 2.05) is 16.8 Å². The van der Waals surface area contributed by atoms with Crippen LogP contribution in [0.2, 0.25) is 0 Å². The average Bonchev–Trinajstić information content (AvgIpc) is 2.96. The lowest BCUT2D eigenvalue weighted by atomic mass is 10.1. The molecule has 3 nitrogen and oxygen atoms in total. The van der Waals surface area contributed by atoms with Crippen molar-refractivity contribution in [2.75, 3.05) is 4.90 Å². The minimum Gasteiger partial charge on any atom is -0.363 e. The van der Waals surface area contributed by atoms with Crippen LogP contribution in [0.3, 0.4) is 0 Å². The molecule has 0 heterocycles. The van der Waals surface area contributed by atoms with Gasteiger partial charge in [0.2, 0.25) is 11.4 Å². The van der Waals surface area contributed by atoms with Crippen LogP contribution in [-0.2, 0) is 19.6 Å². The van der Waals surface area contributed by atoms with E-state index in [1.165, 1.54) is 27.9 Å². The number of nitrogens with zero attached hydrogens (tertiary/aromatic N) is 3. The molecule has 0 N–H and O–H groups in total. The number of para-hydroxylation sites is 2. The van der Waals surface area contributed by atoms with E-state index in [1.54, 1.807) is 0 Å². The van der Waals surface area contributed by atoms with E-state index in [9.17, 15) is 0 Å². The van der Waals surface area contributed by atoms with Gasteiger partial charge in [-0.25, -0.2) is 0 Å². The normalized spacial score (nSPS) is 10.6. The van der Waals surface area contributed by atoms with Gasteiger partial charge in [-0.05, 0) is 46.4 Å². The minimum atomic E-state index is 0.604. The molecule has 0 saturated carbocycles.